The number of tetrazole rings is 1. The van der Waals surface area contributed by atoms with E-state index in [1.165, 1.54) is 11.1 Å². The number of hydrogen-bond acceptors (Lipinski definition) is 4. The minimum Gasteiger partial charge on any atom is -0.275 e. The highest BCUT2D eigenvalue weighted by molar-refractivity contribution is 5.54. The van der Waals surface area contributed by atoms with Crippen molar-refractivity contribution in [1.29, 1.82) is 0 Å². The predicted octanol–water partition coefficient (Wildman–Crippen LogP) is -0.512. The summed E-state index contributed by atoms with van der Waals surface area (Å²) in [5.74, 6) is 0.648. The van der Waals surface area contributed by atoms with Gasteiger partial charge in [-0.25, -0.2) is 0 Å². The number of rotatable bonds is 1. The molecule has 0 fully saturated rings. The lowest BCUT2D eigenvalue weighted by Crippen LogP contribution is -1.99. The number of hydrogen-bond donors (Lipinski definition) is 0. The molecule has 1 rings (SSSR count). The molecule has 0 bridgehead atoms. The van der Waals surface area contributed by atoms with E-state index in [0.717, 1.165) is 0 Å². The molecule has 1 aromatic heterocycles. The molecule has 1 aromatic rings. The highest BCUT2D eigenvalue weighted by Gasteiger charge is 1.89. The van der Waals surface area contributed by atoms with E-state index in [2.05, 4.69) is 20.4 Å². The van der Waals surface area contributed by atoms with E-state index in [4.69, 9.17) is 0 Å². The maximum absolute atomic E-state index is 3.85. The van der Waals surface area contributed by atoms with Gasteiger partial charge in [-0.05, 0) is 12.1 Å². The topological polar surface area (TPSA) is 56.0 Å². The van der Waals surface area contributed by atoms with Crippen molar-refractivity contribution < 1.29 is 0 Å². The quantitative estimate of drug-likeness (QED) is 0.375. The molecule has 0 amide bonds. The van der Waals surface area contributed by atoms with Gasteiger partial charge in [-0.15, -0.1) is 15.0 Å². The molecule has 0 N–H and O–H groups in total. The van der Waals surface area contributed by atoms with Gasteiger partial charge in [0.1, 0.15) is 6.34 Å². The molecular formula is C4H7N5. The molecule has 0 saturated heterocycles. The van der Waals surface area contributed by atoms with Crippen molar-refractivity contribution in [3.63, 3.8) is 0 Å². The molecule has 0 radical (unpaired) electrons. The summed E-state index contributed by atoms with van der Waals surface area (Å²) in [5.41, 5.74) is 0. The average Bonchev–Trinajstić information content (AvgIpc) is 2.17. The third kappa shape index (κ3) is 1.31. The van der Waals surface area contributed by atoms with Gasteiger partial charge in [0, 0.05) is 7.05 Å². The third-order valence-electron chi connectivity index (χ3n) is 0.747. The Kier molecular flexibility index (Phi) is 1.53. The Morgan fingerprint density at radius 1 is 1.67 bits per heavy atom. The molecule has 5 heteroatoms. The summed E-state index contributed by atoms with van der Waals surface area (Å²) in [6.07, 6.45) is 1.49. The summed E-state index contributed by atoms with van der Waals surface area (Å²) >= 11 is 0. The van der Waals surface area contributed by atoms with Crippen molar-refractivity contribution in [3.8, 4) is 0 Å². The standard InChI is InChI=1S/C4H7N5/c1-4-6-8-9(7-4)3-5-2/h3H,1-2H3. The van der Waals surface area contributed by atoms with Crippen molar-refractivity contribution in [2.24, 2.45) is 4.99 Å². The largest absolute Gasteiger partial charge is 0.275 e. The summed E-state index contributed by atoms with van der Waals surface area (Å²) in [5, 5.41) is 11.1. The fraction of sp³-hybridized carbons (Fsp3) is 0.500. The van der Waals surface area contributed by atoms with Crippen LogP contribution >= 0.6 is 0 Å². The zero-order valence-corrected chi connectivity index (χ0v) is 5.31. The first-order valence-corrected chi connectivity index (χ1v) is 2.51. The van der Waals surface area contributed by atoms with Gasteiger partial charge in [0.2, 0.25) is 0 Å². The maximum atomic E-state index is 3.85. The van der Waals surface area contributed by atoms with Gasteiger partial charge in [0.05, 0.1) is 0 Å². The minimum atomic E-state index is 0.648. The zero-order chi connectivity index (χ0) is 6.69. The Morgan fingerprint density at radius 2 is 2.44 bits per heavy atom. The number of aryl methyl sites for hydroxylation is 1. The van der Waals surface area contributed by atoms with E-state index in [0.29, 0.717) is 5.82 Å². The maximum Gasteiger partial charge on any atom is 0.172 e. The van der Waals surface area contributed by atoms with Gasteiger partial charge in [0.25, 0.3) is 0 Å². The Bertz CT molecular complexity index is 212. The van der Waals surface area contributed by atoms with Crippen LogP contribution in [0.3, 0.4) is 0 Å². The lowest BCUT2D eigenvalue weighted by molar-refractivity contribution is 0.774. The van der Waals surface area contributed by atoms with Gasteiger partial charge >= 0.3 is 0 Å². The van der Waals surface area contributed by atoms with Crippen LogP contribution in [0.25, 0.3) is 0 Å². The Hall–Kier alpha value is -1.26. The molecule has 0 spiro atoms. The average molecular weight is 125 g/mol. The van der Waals surface area contributed by atoms with E-state index < -0.39 is 0 Å². The molecule has 0 aliphatic heterocycles. The van der Waals surface area contributed by atoms with Gasteiger partial charge in [-0.2, -0.15) is 0 Å². The van der Waals surface area contributed by atoms with Crippen LogP contribution in [0, 0.1) is 6.92 Å². The first-order chi connectivity index (χ1) is 4.33. The lowest BCUT2D eigenvalue weighted by atomic mass is 10.8. The molecule has 0 saturated carbocycles. The van der Waals surface area contributed by atoms with Gasteiger partial charge in [-0.1, -0.05) is 0 Å². The van der Waals surface area contributed by atoms with Crippen LogP contribution < -0.4 is 0 Å². The fourth-order valence-electron chi connectivity index (χ4n) is 0.451. The number of aliphatic imine (C=N–C) groups is 1. The third-order valence-corrected chi connectivity index (χ3v) is 0.747. The van der Waals surface area contributed by atoms with E-state index >= 15 is 0 Å². The van der Waals surface area contributed by atoms with Gasteiger partial charge < -0.3 is 0 Å². The number of nitrogens with zero attached hydrogens (tertiary/aromatic N) is 5. The van der Waals surface area contributed by atoms with Gasteiger partial charge in [-0.3, -0.25) is 4.99 Å². The molecule has 5 nitrogen and oxygen atoms in total. The van der Waals surface area contributed by atoms with Crippen LogP contribution in [-0.4, -0.2) is 33.6 Å². The normalized spacial score (nSPS) is 10.9. The Morgan fingerprint density at radius 3 is 2.89 bits per heavy atom. The van der Waals surface area contributed by atoms with Crippen LogP contribution in [-0.2, 0) is 0 Å². The summed E-state index contributed by atoms with van der Waals surface area (Å²) in [7, 11) is 1.65. The van der Waals surface area contributed by atoms with Crippen molar-refractivity contribution in [3.05, 3.63) is 5.82 Å². The summed E-state index contributed by atoms with van der Waals surface area (Å²) in [4.78, 5) is 5.01. The molecule has 0 atom stereocenters. The number of aromatic nitrogens is 4. The molecular weight excluding hydrogens is 118 g/mol. The van der Waals surface area contributed by atoms with Crippen LogP contribution in [0.2, 0.25) is 0 Å². The van der Waals surface area contributed by atoms with Crippen LogP contribution in [0.4, 0.5) is 0 Å². The smallest absolute Gasteiger partial charge is 0.172 e. The Balaban J connectivity index is 2.85. The van der Waals surface area contributed by atoms with Crippen molar-refractivity contribution in [2.45, 2.75) is 6.92 Å². The predicted molar refractivity (Wildman–Crippen MR) is 32.4 cm³/mol. The fourth-order valence-corrected chi connectivity index (χ4v) is 0.451. The first kappa shape index (κ1) is 5.87. The molecule has 48 valence electrons. The van der Waals surface area contributed by atoms with Crippen LogP contribution in [0.5, 0.6) is 0 Å². The van der Waals surface area contributed by atoms with Gasteiger partial charge in [0.15, 0.2) is 5.82 Å². The molecule has 0 aliphatic carbocycles. The van der Waals surface area contributed by atoms with E-state index in [1.54, 1.807) is 14.0 Å². The van der Waals surface area contributed by atoms with Crippen molar-refractivity contribution >= 4 is 6.34 Å². The SMILES string of the molecule is CN=Cn1nnc(C)n1. The monoisotopic (exact) mass is 125 g/mol. The first-order valence-electron chi connectivity index (χ1n) is 2.51. The minimum absolute atomic E-state index is 0.648. The van der Waals surface area contributed by atoms with E-state index in [1.807, 2.05) is 0 Å². The zero-order valence-electron chi connectivity index (χ0n) is 5.31. The molecule has 9 heavy (non-hydrogen) atoms. The summed E-state index contributed by atoms with van der Waals surface area (Å²) in [6, 6.07) is 0. The summed E-state index contributed by atoms with van der Waals surface area (Å²) in [6.45, 7) is 1.77. The van der Waals surface area contributed by atoms with Crippen LogP contribution in [0.1, 0.15) is 5.82 Å². The highest BCUT2D eigenvalue weighted by Crippen LogP contribution is 1.75. The van der Waals surface area contributed by atoms with Crippen molar-refractivity contribution in [2.75, 3.05) is 7.05 Å². The molecule has 0 unspecified atom stereocenters. The Labute approximate surface area is 52.4 Å². The molecule has 0 aliphatic rings. The second-order valence-electron chi connectivity index (χ2n) is 1.53. The van der Waals surface area contributed by atoms with Crippen molar-refractivity contribution in [1.82, 2.24) is 20.2 Å². The lowest BCUT2D eigenvalue weighted by Gasteiger charge is -1.79. The molecule has 1 heterocycles. The molecule has 0 aromatic carbocycles. The van der Waals surface area contributed by atoms with E-state index in [-0.39, 0.29) is 0 Å². The summed E-state index contributed by atoms with van der Waals surface area (Å²) < 4.78 is 0. The van der Waals surface area contributed by atoms with Crippen LogP contribution in [0.15, 0.2) is 4.99 Å². The second-order valence-corrected chi connectivity index (χ2v) is 1.53. The van der Waals surface area contributed by atoms with E-state index in [9.17, 15) is 0 Å². The second kappa shape index (κ2) is 2.34. The highest BCUT2D eigenvalue weighted by atomic mass is 15.6.